The van der Waals surface area contributed by atoms with E-state index in [1.165, 1.54) is 9.75 Å². The number of hydrogen-bond acceptors (Lipinski definition) is 6. The van der Waals surface area contributed by atoms with Crippen molar-refractivity contribution >= 4 is 33.6 Å². The number of anilines is 1. The maximum absolute atomic E-state index is 4.80. The van der Waals surface area contributed by atoms with Crippen LogP contribution in [0.1, 0.15) is 15.4 Å². The number of nitrogens with one attached hydrogen (secondary N) is 4. The van der Waals surface area contributed by atoms with E-state index in [4.69, 9.17) is 4.98 Å². The van der Waals surface area contributed by atoms with Gasteiger partial charge in [-0.15, -0.1) is 11.3 Å². The molecule has 1 aliphatic heterocycles. The van der Waals surface area contributed by atoms with Crippen LogP contribution in [0, 0.1) is 6.92 Å². The number of aromatic nitrogens is 7. The lowest BCUT2D eigenvalue weighted by atomic mass is 10.1. The molecule has 0 saturated carbocycles. The monoisotopic (exact) mass is 412 g/mol. The van der Waals surface area contributed by atoms with Crippen molar-refractivity contribution in [3.05, 3.63) is 70.6 Å². The smallest absolute Gasteiger partial charge is 0.161 e. The van der Waals surface area contributed by atoms with E-state index in [-0.39, 0.29) is 0 Å². The molecule has 0 spiro atoms. The van der Waals surface area contributed by atoms with Gasteiger partial charge in [0.05, 0.1) is 29.3 Å². The second-order valence-electron chi connectivity index (χ2n) is 6.98. The average Bonchev–Trinajstić information content (AvgIpc) is 3.53. The number of pyridine rings is 1. The largest absolute Gasteiger partial charge is 0.345 e. The first-order valence-corrected chi connectivity index (χ1v) is 10.2. The highest BCUT2D eigenvalue weighted by Gasteiger charge is 2.21. The molecular weight excluding hydrogens is 396 g/mol. The summed E-state index contributed by atoms with van der Waals surface area (Å²) in [5, 5.41) is 18.6. The van der Waals surface area contributed by atoms with Gasteiger partial charge in [-0.25, -0.2) is 4.98 Å². The number of imidazole rings is 1. The van der Waals surface area contributed by atoms with Crippen LogP contribution in [0.5, 0.6) is 0 Å². The number of fused-ring (bicyclic) bond motifs is 2. The minimum Gasteiger partial charge on any atom is -0.345 e. The van der Waals surface area contributed by atoms with Gasteiger partial charge in [-0.1, -0.05) is 0 Å². The Morgan fingerprint density at radius 1 is 1.13 bits per heavy atom. The van der Waals surface area contributed by atoms with Crippen molar-refractivity contribution in [3.8, 4) is 22.8 Å². The normalized spacial score (nSPS) is 13.2. The molecule has 0 aliphatic carbocycles. The number of aromatic amines is 3. The second-order valence-corrected chi connectivity index (χ2v) is 8.27. The van der Waals surface area contributed by atoms with Crippen molar-refractivity contribution in [1.82, 2.24) is 35.3 Å². The van der Waals surface area contributed by atoms with Gasteiger partial charge in [-0.05, 0) is 37.3 Å². The highest BCUT2D eigenvalue weighted by Crippen LogP contribution is 2.36. The quantitative estimate of drug-likeness (QED) is 0.349. The minimum absolute atomic E-state index is 0.692. The SMILES string of the molecule is Cc1ccc(C2=CC=CNc3nc(-c4n[nH]c5cnc(-c6cn[nH]c6)cc45)[nH]c32)s1. The van der Waals surface area contributed by atoms with Gasteiger partial charge in [-0.3, -0.25) is 15.2 Å². The lowest BCUT2D eigenvalue weighted by molar-refractivity contribution is 1.09. The fourth-order valence-electron chi connectivity index (χ4n) is 3.57. The Hall–Kier alpha value is -3.98. The van der Waals surface area contributed by atoms with Crippen molar-refractivity contribution < 1.29 is 0 Å². The fraction of sp³-hybridized carbons (Fsp3) is 0.0476. The molecule has 0 saturated heterocycles. The molecule has 4 N–H and O–H groups in total. The van der Waals surface area contributed by atoms with Crippen LogP contribution in [0.2, 0.25) is 0 Å². The molecule has 0 bridgehead atoms. The van der Waals surface area contributed by atoms with Gasteiger partial charge in [0.1, 0.15) is 5.69 Å². The molecule has 1 aliphatic rings. The highest BCUT2D eigenvalue weighted by molar-refractivity contribution is 7.13. The van der Waals surface area contributed by atoms with Crippen molar-refractivity contribution in [2.45, 2.75) is 6.92 Å². The molecule has 8 nitrogen and oxygen atoms in total. The summed E-state index contributed by atoms with van der Waals surface area (Å²) in [6.07, 6.45) is 11.3. The molecule has 6 rings (SSSR count). The lowest BCUT2D eigenvalue weighted by Gasteiger charge is -2.03. The zero-order valence-electron chi connectivity index (χ0n) is 15.9. The zero-order valence-corrected chi connectivity index (χ0v) is 16.7. The third-order valence-corrected chi connectivity index (χ3v) is 6.06. The van der Waals surface area contributed by atoms with Crippen LogP contribution >= 0.6 is 11.3 Å². The molecule has 146 valence electrons. The third kappa shape index (κ3) is 2.67. The van der Waals surface area contributed by atoms with Crippen LogP contribution in [0.3, 0.4) is 0 Å². The van der Waals surface area contributed by atoms with E-state index < -0.39 is 0 Å². The van der Waals surface area contributed by atoms with Crippen molar-refractivity contribution in [2.75, 3.05) is 5.32 Å². The topological polar surface area (TPSA) is 111 Å². The van der Waals surface area contributed by atoms with Gasteiger partial charge in [-0.2, -0.15) is 10.2 Å². The van der Waals surface area contributed by atoms with Crippen LogP contribution in [0.4, 0.5) is 5.82 Å². The van der Waals surface area contributed by atoms with E-state index in [9.17, 15) is 0 Å². The molecule has 9 heteroatoms. The van der Waals surface area contributed by atoms with E-state index in [0.29, 0.717) is 5.82 Å². The van der Waals surface area contributed by atoms with Crippen molar-refractivity contribution in [3.63, 3.8) is 0 Å². The molecule has 5 aromatic rings. The Morgan fingerprint density at radius 3 is 2.93 bits per heavy atom. The average molecular weight is 412 g/mol. The first kappa shape index (κ1) is 16.9. The number of hydrogen-bond donors (Lipinski definition) is 4. The van der Waals surface area contributed by atoms with Gasteiger partial charge in [0.2, 0.25) is 0 Å². The highest BCUT2D eigenvalue weighted by atomic mass is 32.1. The van der Waals surface area contributed by atoms with Crippen LogP contribution in [0.15, 0.2) is 55.1 Å². The summed E-state index contributed by atoms with van der Waals surface area (Å²) < 4.78 is 0. The predicted molar refractivity (Wildman–Crippen MR) is 118 cm³/mol. The van der Waals surface area contributed by atoms with E-state index in [2.05, 4.69) is 60.8 Å². The Kier molecular flexibility index (Phi) is 3.68. The summed E-state index contributed by atoms with van der Waals surface area (Å²) in [6.45, 7) is 2.11. The molecule has 0 fully saturated rings. The number of nitrogens with zero attached hydrogens (tertiary/aromatic N) is 4. The molecule has 0 unspecified atom stereocenters. The fourth-order valence-corrected chi connectivity index (χ4v) is 4.47. The van der Waals surface area contributed by atoms with Gasteiger partial charge < -0.3 is 10.3 Å². The van der Waals surface area contributed by atoms with Crippen molar-refractivity contribution in [2.24, 2.45) is 0 Å². The molecule has 0 atom stereocenters. The zero-order chi connectivity index (χ0) is 20.1. The Labute approximate surface area is 174 Å². The maximum atomic E-state index is 4.80. The Balaban J connectivity index is 1.48. The number of H-pyrrole nitrogens is 3. The summed E-state index contributed by atoms with van der Waals surface area (Å²) in [5.74, 6) is 1.47. The summed E-state index contributed by atoms with van der Waals surface area (Å²) in [7, 11) is 0. The first-order chi connectivity index (χ1) is 14.8. The Bertz CT molecular complexity index is 1430. The van der Waals surface area contributed by atoms with Crippen LogP contribution in [-0.4, -0.2) is 35.3 Å². The van der Waals surface area contributed by atoms with E-state index in [1.807, 2.05) is 24.5 Å². The van der Waals surface area contributed by atoms with E-state index in [0.717, 1.165) is 44.9 Å². The summed E-state index contributed by atoms with van der Waals surface area (Å²) in [4.78, 5) is 15.2. The van der Waals surface area contributed by atoms with Crippen LogP contribution < -0.4 is 5.32 Å². The number of aryl methyl sites for hydroxylation is 1. The van der Waals surface area contributed by atoms with Gasteiger partial charge in [0.15, 0.2) is 11.6 Å². The number of allylic oxidation sites excluding steroid dienone is 2. The van der Waals surface area contributed by atoms with E-state index in [1.54, 1.807) is 23.7 Å². The molecule has 0 aromatic carbocycles. The molecule has 30 heavy (non-hydrogen) atoms. The lowest BCUT2D eigenvalue weighted by Crippen LogP contribution is -1.91. The first-order valence-electron chi connectivity index (χ1n) is 9.40. The summed E-state index contributed by atoms with van der Waals surface area (Å²) in [6, 6.07) is 6.27. The maximum Gasteiger partial charge on any atom is 0.161 e. The molecular formula is C21H16N8S. The Morgan fingerprint density at radius 2 is 2.10 bits per heavy atom. The van der Waals surface area contributed by atoms with Gasteiger partial charge in [0, 0.05) is 38.7 Å². The van der Waals surface area contributed by atoms with Crippen LogP contribution in [0.25, 0.3) is 39.3 Å². The molecule has 6 heterocycles. The molecule has 0 radical (unpaired) electrons. The number of thiophene rings is 1. The second kappa shape index (κ2) is 6.53. The third-order valence-electron chi connectivity index (χ3n) is 5.02. The molecule has 0 amide bonds. The number of rotatable bonds is 3. The minimum atomic E-state index is 0.692. The summed E-state index contributed by atoms with van der Waals surface area (Å²) in [5.41, 5.74) is 5.38. The molecule has 5 aromatic heterocycles. The predicted octanol–water partition coefficient (Wildman–Crippen LogP) is 4.48. The standard InChI is InChI=1S/C21H16N8S/c1-11-4-5-17(30-11)13-3-2-6-22-20-18(13)26-21(27-20)19-14-7-15(12-8-24-25-9-12)23-10-16(14)28-29-19/h2-10,22H,1H3,(H,24,25)(H,26,27)(H,28,29). The summed E-state index contributed by atoms with van der Waals surface area (Å²) >= 11 is 1.76. The van der Waals surface area contributed by atoms with Crippen molar-refractivity contribution in [1.29, 1.82) is 0 Å². The van der Waals surface area contributed by atoms with Gasteiger partial charge >= 0.3 is 0 Å². The van der Waals surface area contributed by atoms with E-state index >= 15 is 0 Å². The van der Waals surface area contributed by atoms with Crippen LogP contribution in [-0.2, 0) is 0 Å². The van der Waals surface area contributed by atoms with Gasteiger partial charge in [0.25, 0.3) is 0 Å².